The molecule has 0 atom stereocenters. The van der Waals surface area contributed by atoms with Gasteiger partial charge in [-0.15, -0.1) is 0 Å². The Hall–Kier alpha value is -3.42. The van der Waals surface area contributed by atoms with Crippen molar-refractivity contribution in [3.05, 3.63) is 64.9 Å². The minimum atomic E-state index is -4.75. The predicted molar refractivity (Wildman–Crippen MR) is 121 cm³/mol. The first kappa shape index (κ1) is 22.4. The van der Waals surface area contributed by atoms with E-state index >= 15 is 0 Å². The molecule has 0 radical (unpaired) electrons. The third kappa shape index (κ3) is 3.27. The molecule has 34 heavy (non-hydrogen) atoms. The van der Waals surface area contributed by atoms with Gasteiger partial charge in [0, 0.05) is 11.3 Å². The van der Waals surface area contributed by atoms with Gasteiger partial charge in [-0.1, -0.05) is 0 Å². The third-order valence-electron chi connectivity index (χ3n) is 6.53. The maximum Gasteiger partial charge on any atom is 0.417 e. The number of alkyl halides is 3. The molecule has 10 heteroatoms. The standard InChI is InChI=1S/C24H18F3N3O3S/c25-24(26,27)19-11-16(4-2-15(19)12-28)29-21(32)23(8-1-9-23)30(22(29)34)17-5-7-20-14(10-17)3-6-18(13-31)33-20/h2,4-7,10-11,31H,1,3,8-9,13H2. The average molecular weight is 485 g/mol. The van der Waals surface area contributed by atoms with Crippen LogP contribution in [0.5, 0.6) is 5.75 Å². The van der Waals surface area contributed by atoms with E-state index in [9.17, 15) is 23.1 Å². The Morgan fingerprint density at radius 1 is 1.18 bits per heavy atom. The lowest BCUT2D eigenvalue weighted by atomic mass is 9.75. The summed E-state index contributed by atoms with van der Waals surface area (Å²) >= 11 is 5.65. The molecule has 2 aromatic rings. The van der Waals surface area contributed by atoms with Gasteiger partial charge in [-0.3, -0.25) is 9.69 Å². The fraction of sp³-hybridized carbons (Fsp3) is 0.292. The first-order valence-electron chi connectivity index (χ1n) is 10.6. The second-order valence-electron chi connectivity index (χ2n) is 8.41. The van der Waals surface area contributed by atoms with Crippen LogP contribution >= 0.6 is 12.2 Å². The molecule has 2 fully saturated rings. The maximum atomic E-state index is 13.6. The number of hydrogen-bond acceptors (Lipinski definition) is 5. The first-order chi connectivity index (χ1) is 16.2. The Kier molecular flexibility index (Phi) is 5.15. The molecule has 1 spiro atoms. The van der Waals surface area contributed by atoms with E-state index in [1.807, 2.05) is 6.07 Å². The Labute approximate surface area is 198 Å². The molecule has 0 unspecified atom stereocenters. The number of fused-ring (bicyclic) bond motifs is 1. The van der Waals surface area contributed by atoms with E-state index < -0.39 is 22.8 Å². The Balaban J connectivity index is 1.56. The van der Waals surface area contributed by atoms with Crippen LogP contribution in [0.15, 0.2) is 48.2 Å². The van der Waals surface area contributed by atoms with E-state index in [1.54, 1.807) is 29.2 Å². The van der Waals surface area contributed by atoms with E-state index in [1.165, 1.54) is 6.07 Å². The lowest BCUT2D eigenvalue weighted by Crippen LogP contribution is -2.55. The molecule has 2 aliphatic heterocycles. The number of amides is 1. The van der Waals surface area contributed by atoms with Crippen LogP contribution in [0.4, 0.5) is 24.5 Å². The normalized spacial score (nSPS) is 18.9. The number of aliphatic hydroxyl groups excluding tert-OH is 1. The van der Waals surface area contributed by atoms with Gasteiger partial charge in [-0.05, 0) is 80.4 Å². The summed E-state index contributed by atoms with van der Waals surface area (Å²) in [6.07, 6.45) is -0.634. The zero-order valence-electron chi connectivity index (χ0n) is 17.7. The highest BCUT2D eigenvalue weighted by molar-refractivity contribution is 7.81. The van der Waals surface area contributed by atoms with E-state index in [-0.39, 0.29) is 23.3 Å². The number of rotatable bonds is 3. The number of thiocarbonyl (C=S) groups is 1. The Bertz CT molecular complexity index is 1290. The van der Waals surface area contributed by atoms with Gasteiger partial charge < -0.3 is 14.7 Å². The number of carbonyl (C=O) groups excluding carboxylic acids is 1. The second-order valence-corrected chi connectivity index (χ2v) is 8.78. The molecule has 1 aliphatic carbocycles. The molecule has 6 nitrogen and oxygen atoms in total. The lowest BCUT2D eigenvalue weighted by molar-refractivity contribution is -0.137. The molecule has 3 aliphatic rings. The smallest absolute Gasteiger partial charge is 0.417 e. The van der Waals surface area contributed by atoms with Gasteiger partial charge in [0.2, 0.25) is 0 Å². The molecule has 5 rings (SSSR count). The third-order valence-corrected chi connectivity index (χ3v) is 6.89. The van der Waals surface area contributed by atoms with E-state index in [0.29, 0.717) is 36.5 Å². The topological polar surface area (TPSA) is 76.8 Å². The molecule has 1 saturated carbocycles. The van der Waals surface area contributed by atoms with Crippen LogP contribution < -0.4 is 14.5 Å². The fourth-order valence-electron chi connectivity index (χ4n) is 4.68. The van der Waals surface area contributed by atoms with Crippen molar-refractivity contribution in [1.29, 1.82) is 5.26 Å². The van der Waals surface area contributed by atoms with Crippen molar-refractivity contribution < 1.29 is 27.8 Å². The van der Waals surface area contributed by atoms with Gasteiger partial charge in [0.1, 0.15) is 23.7 Å². The number of carbonyl (C=O) groups is 1. The van der Waals surface area contributed by atoms with Gasteiger partial charge >= 0.3 is 6.18 Å². The summed E-state index contributed by atoms with van der Waals surface area (Å²) in [5.41, 5.74) is -1.12. The van der Waals surface area contributed by atoms with Gasteiger partial charge in [-0.2, -0.15) is 18.4 Å². The van der Waals surface area contributed by atoms with E-state index in [2.05, 4.69) is 0 Å². The van der Waals surface area contributed by atoms with Crippen LogP contribution in [0.3, 0.4) is 0 Å². The molecule has 1 amide bonds. The second kappa shape index (κ2) is 7.82. The van der Waals surface area contributed by atoms with E-state index in [0.717, 1.165) is 29.0 Å². The molecule has 2 aromatic carbocycles. The van der Waals surface area contributed by atoms with Gasteiger partial charge in [0.25, 0.3) is 5.91 Å². The zero-order chi connectivity index (χ0) is 24.3. The van der Waals surface area contributed by atoms with Crippen molar-refractivity contribution >= 4 is 34.6 Å². The van der Waals surface area contributed by atoms with Gasteiger partial charge in [0.15, 0.2) is 5.11 Å². The number of allylic oxidation sites excluding steroid dienone is 1. The van der Waals surface area contributed by atoms with E-state index in [4.69, 9.17) is 22.2 Å². The van der Waals surface area contributed by atoms with Gasteiger partial charge in [-0.25, -0.2) is 0 Å². The number of hydrogen-bond donors (Lipinski definition) is 1. The van der Waals surface area contributed by atoms with Gasteiger partial charge in [0.05, 0.1) is 22.9 Å². The van der Waals surface area contributed by atoms with Crippen LogP contribution in [-0.2, 0) is 17.4 Å². The number of nitrogens with zero attached hydrogens (tertiary/aromatic N) is 3. The molecule has 1 saturated heterocycles. The van der Waals surface area contributed by atoms with Crippen molar-refractivity contribution in [1.82, 2.24) is 0 Å². The molecule has 0 aromatic heterocycles. The quantitative estimate of drug-likeness (QED) is 0.648. The highest BCUT2D eigenvalue weighted by Crippen LogP contribution is 2.49. The van der Waals surface area contributed by atoms with Crippen LogP contribution in [0.25, 0.3) is 0 Å². The highest BCUT2D eigenvalue weighted by atomic mass is 32.1. The summed E-state index contributed by atoms with van der Waals surface area (Å²) in [5, 5.41) is 18.5. The summed E-state index contributed by atoms with van der Waals surface area (Å²) in [7, 11) is 0. The van der Waals surface area contributed by atoms with Crippen molar-refractivity contribution in [2.45, 2.75) is 37.4 Å². The summed E-state index contributed by atoms with van der Waals surface area (Å²) in [5.74, 6) is 0.668. The number of ether oxygens (including phenoxy) is 1. The van der Waals surface area contributed by atoms with Crippen LogP contribution in [0.1, 0.15) is 36.0 Å². The zero-order valence-corrected chi connectivity index (χ0v) is 18.5. The van der Waals surface area contributed by atoms with Crippen molar-refractivity contribution in [3.8, 4) is 11.8 Å². The largest absolute Gasteiger partial charge is 0.459 e. The number of aliphatic hydroxyl groups is 1. The maximum absolute atomic E-state index is 13.6. The monoisotopic (exact) mass is 485 g/mol. The van der Waals surface area contributed by atoms with Crippen LogP contribution in [0, 0.1) is 11.3 Å². The van der Waals surface area contributed by atoms with Crippen molar-refractivity contribution in [2.24, 2.45) is 0 Å². The summed E-state index contributed by atoms with van der Waals surface area (Å²) < 4.78 is 46.3. The molecule has 1 N–H and O–H groups in total. The molecular formula is C24H18F3N3O3S. The molecular weight excluding hydrogens is 467 g/mol. The SMILES string of the molecule is N#Cc1ccc(N2C(=O)C3(CCC3)N(c3ccc4c(c3)CC=C(CO)O4)C2=S)cc1C(F)(F)F. The highest BCUT2D eigenvalue weighted by Gasteiger charge is 2.59. The Morgan fingerprint density at radius 2 is 1.91 bits per heavy atom. The minimum absolute atomic E-state index is 0.0214. The van der Waals surface area contributed by atoms with Crippen molar-refractivity contribution in [3.63, 3.8) is 0 Å². The molecule has 174 valence electrons. The average Bonchev–Trinajstić information content (AvgIpc) is 3.04. The number of halogens is 3. The Morgan fingerprint density at radius 3 is 2.53 bits per heavy atom. The summed E-state index contributed by atoms with van der Waals surface area (Å²) in [6.45, 7) is -0.214. The number of benzene rings is 2. The summed E-state index contributed by atoms with van der Waals surface area (Å²) in [6, 6.07) is 10.1. The lowest BCUT2D eigenvalue weighted by Gasteiger charge is -2.43. The van der Waals surface area contributed by atoms with Crippen molar-refractivity contribution in [2.75, 3.05) is 16.4 Å². The van der Waals surface area contributed by atoms with Crippen LogP contribution in [0.2, 0.25) is 0 Å². The predicted octanol–water partition coefficient (Wildman–Crippen LogP) is 4.45. The van der Waals surface area contributed by atoms with Crippen LogP contribution in [-0.4, -0.2) is 28.3 Å². The molecule has 0 bridgehead atoms. The summed E-state index contributed by atoms with van der Waals surface area (Å²) in [4.78, 5) is 16.4. The first-order valence-corrected chi connectivity index (χ1v) is 11.0. The molecule has 2 heterocycles. The number of anilines is 2. The minimum Gasteiger partial charge on any atom is -0.459 e. The fourth-order valence-corrected chi connectivity index (χ4v) is 5.15. The number of nitriles is 1.